The molecule has 1 N–H and O–H groups in total. The lowest BCUT2D eigenvalue weighted by Gasteiger charge is -2.37. The number of rotatable bonds is 6. The highest BCUT2D eigenvalue weighted by Crippen LogP contribution is 2.38. The van der Waals surface area contributed by atoms with E-state index in [1.165, 1.54) is 6.42 Å². The molecule has 1 aliphatic heterocycles. The van der Waals surface area contributed by atoms with Gasteiger partial charge in [-0.15, -0.1) is 0 Å². The van der Waals surface area contributed by atoms with Crippen molar-refractivity contribution in [1.29, 1.82) is 0 Å². The molecule has 0 bridgehead atoms. The number of hydrogen-bond acceptors (Lipinski definition) is 4. The number of piperidine rings is 1. The number of nitrogens with one attached hydrogen (secondary N) is 1. The topological polar surface area (TPSA) is 55.3 Å². The van der Waals surface area contributed by atoms with Crippen molar-refractivity contribution >= 4 is 5.96 Å². The molecule has 6 nitrogen and oxygen atoms in total. The highest BCUT2D eigenvalue weighted by atomic mass is 16.5. The third-order valence-electron chi connectivity index (χ3n) is 4.64. The average molecular weight is 364 g/mol. The van der Waals surface area contributed by atoms with Crippen molar-refractivity contribution in [1.82, 2.24) is 10.2 Å². The van der Waals surface area contributed by atoms with Crippen molar-refractivity contribution < 1.29 is 14.2 Å². The molecule has 2 unspecified atom stereocenters. The number of methoxy groups -OCH3 is 2. The first-order valence-electron chi connectivity index (χ1n) is 9.35. The highest BCUT2D eigenvalue weighted by molar-refractivity contribution is 5.80. The SMILES string of the molecule is CCOc1c(OC)cc(CNC(=NC)N2CC(C)CC(C)C2)cc1OC. The van der Waals surface area contributed by atoms with E-state index in [0.29, 0.717) is 42.2 Å². The van der Waals surface area contributed by atoms with Gasteiger partial charge in [-0.2, -0.15) is 0 Å². The normalized spacial score (nSPS) is 20.7. The Morgan fingerprint density at radius 1 is 1.15 bits per heavy atom. The summed E-state index contributed by atoms with van der Waals surface area (Å²) in [6, 6.07) is 3.96. The minimum Gasteiger partial charge on any atom is -0.493 e. The average Bonchev–Trinajstić information content (AvgIpc) is 2.62. The maximum atomic E-state index is 5.67. The first kappa shape index (κ1) is 20.2. The molecule has 1 aliphatic rings. The summed E-state index contributed by atoms with van der Waals surface area (Å²) in [7, 11) is 5.12. The Bertz CT molecular complexity index is 583. The number of aliphatic imine (C=N–C) groups is 1. The van der Waals surface area contributed by atoms with Crippen molar-refractivity contribution in [3.8, 4) is 17.2 Å². The molecule has 0 spiro atoms. The van der Waals surface area contributed by atoms with Gasteiger partial charge in [0.2, 0.25) is 5.75 Å². The summed E-state index contributed by atoms with van der Waals surface area (Å²) in [5.41, 5.74) is 1.06. The second-order valence-electron chi connectivity index (χ2n) is 7.01. The van der Waals surface area contributed by atoms with E-state index in [-0.39, 0.29) is 0 Å². The Morgan fingerprint density at radius 2 is 1.73 bits per heavy atom. The Labute approximate surface area is 157 Å². The number of likely N-dealkylation sites (tertiary alicyclic amines) is 1. The molecule has 26 heavy (non-hydrogen) atoms. The molecule has 1 heterocycles. The Kier molecular flexibility index (Phi) is 7.42. The third kappa shape index (κ3) is 4.96. The fourth-order valence-electron chi connectivity index (χ4n) is 3.67. The highest BCUT2D eigenvalue weighted by Gasteiger charge is 2.24. The second-order valence-corrected chi connectivity index (χ2v) is 7.01. The lowest BCUT2D eigenvalue weighted by Crippen LogP contribution is -2.48. The Morgan fingerprint density at radius 3 is 2.19 bits per heavy atom. The first-order valence-corrected chi connectivity index (χ1v) is 9.35. The maximum Gasteiger partial charge on any atom is 0.203 e. The van der Waals surface area contributed by atoms with Gasteiger partial charge in [0.1, 0.15) is 0 Å². The summed E-state index contributed by atoms with van der Waals surface area (Å²) in [5.74, 6) is 4.31. The maximum absolute atomic E-state index is 5.67. The second kappa shape index (κ2) is 9.55. The van der Waals surface area contributed by atoms with Gasteiger partial charge >= 0.3 is 0 Å². The largest absolute Gasteiger partial charge is 0.493 e. The van der Waals surface area contributed by atoms with Crippen LogP contribution < -0.4 is 19.5 Å². The van der Waals surface area contributed by atoms with Gasteiger partial charge in [-0.25, -0.2) is 0 Å². The fourth-order valence-corrected chi connectivity index (χ4v) is 3.67. The van der Waals surface area contributed by atoms with Crippen LogP contribution in [0, 0.1) is 11.8 Å². The van der Waals surface area contributed by atoms with Crippen LogP contribution in [-0.4, -0.2) is 51.8 Å². The van der Waals surface area contributed by atoms with Crippen molar-refractivity contribution in [2.24, 2.45) is 16.8 Å². The predicted molar refractivity (Wildman–Crippen MR) is 105 cm³/mol. The Hall–Kier alpha value is -2.11. The summed E-state index contributed by atoms with van der Waals surface area (Å²) in [4.78, 5) is 6.82. The zero-order valence-electron chi connectivity index (χ0n) is 17.0. The van der Waals surface area contributed by atoms with Crippen molar-refractivity contribution in [3.63, 3.8) is 0 Å². The van der Waals surface area contributed by atoms with E-state index in [2.05, 4.69) is 29.1 Å². The molecule has 1 saturated heterocycles. The smallest absolute Gasteiger partial charge is 0.203 e. The van der Waals surface area contributed by atoms with E-state index < -0.39 is 0 Å². The molecule has 0 aliphatic carbocycles. The quantitative estimate of drug-likeness (QED) is 0.621. The van der Waals surface area contributed by atoms with E-state index in [1.54, 1.807) is 14.2 Å². The number of nitrogens with zero attached hydrogens (tertiary/aromatic N) is 2. The fraction of sp³-hybridized carbons (Fsp3) is 0.650. The molecule has 0 radical (unpaired) electrons. The number of benzene rings is 1. The molecule has 0 saturated carbocycles. The van der Waals surface area contributed by atoms with E-state index in [4.69, 9.17) is 14.2 Å². The molecule has 6 heteroatoms. The molecular formula is C20H33N3O3. The third-order valence-corrected chi connectivity index (χ3v) is 4.64. The van der Waals surface area contributed by atoms with Crippen LogP contribution in [0.15, 0.2) is 17.1 Å². The van der Waals surface area contributed by atoms with Crippen LogP contribution in [0.2, 0.25) is 0 Å². The first-order chi connectivity index (χ1) is 12.5. The van der Waals surface area contributed by atoms with Gasteiger partial charge in [0, 0.05) is 26.7 Å². The van der Waals surface area contributed by atoms with Crippen molar-refractivity contribution in [2.75, 3.05) is 41.0 Å². The summed E-state index contributed by atoms with van der Waals surface area (Å²) < 4.78 is 16.6. The van der Waals surface area contributed by atoms with Gasteiger partial charge in [0.25, 0.3) is 0 Å². The Balaban J connectivity index is 2.12. The van der Waals surface area contributed by atoms with E-state index >= 15 is 0 Å². The summed E-state index contributed by atoms with van der Waals surface area (Å²) >= 11 is 0. The lowest BCUT2D eigenvalue weighted by molar-refractivity contribution is 0.208. The molecule has 1 aromatic carbocycles. The zero-order chi connectivity index (χ0) is 19.1. The number of guanidine groups is 1. The number of hydrogen-bond donors (Lipinski definition) is 1. The van der Waals surface area contributed by atoms with E-state index in [9.17, 15) is 0 Å². The van der Waals surface area contributed by atoms with Crippen LogP contribution in [0.5, 0.6) is 17.2 Å². The summed E-state index contributed by atoms with van der Waals surface area (Å²) in [6.45, 7) is 9.84. The minimum absolute atomic E-state index is 0.558. The molecule has 146 valence electrons. The van der Waals surface area contributed by atoms with Crippen LogP contribution in [0.3, 0.4) is 0 Å². The molecule has 2 rings (SSSR count). The predicted octanol–water partition coefficient (Wildman–Crippen LogP) is 3.16. The van der Waals surface area contributed by atoms with Gasteiger partial charge < -0.3 is 24.4 Å². The number of ether oxygens (including phenoxy) is 3. The van der Waals surface area contributed by atoms with Gasteiger partial charge in [0.05, 0.1) is 20.8 Å². The molecule has 1 aromatic rings. The van der Waals surface area contributed by atoms with Crippen LogP contribution in [-0.2, 0) is 6.54 Å². The lowest BCUT2D eigenvalue weighted by atomic mass is 9.92. The summed E-state index contributed by atoms with van der Waals surface area (Å²) in [5, 5.41) is 3.47. The van der Waals surface area contributed by atoms with Gasteiger partial charge in [-0.05, 0) is 42.9 Å². The molecule has 2 atom stereocenters. The van der Waals surface area contributed by atoms with E-state index in [0.717, 1.165) is 24.6 Å². The van der Waals surface area contributed by atoms with Gasteiger partial charge in [0.15, 0.2) is 17.5 Å². The molecule has 1 fully saturated rings. The minimum atomic E-state index is 0.558. The van der Waals surface area contributed by atoms with Crippen LogP contribution in [0.1, 0.15) is 32.8 Å². The molecular weight excluding hydrogens is 330 g/mol. The van der Waals surface area contributed by atoms with Crippen molar-refractivity contribution in [2.45, 2.75) is 33.7 Å². The van der Waals surface area contributed by atoms with Crippen LogP contribution in [0.25, 0.3) is 0 Å². The van der Waals surface area contributed by atoms with E-state index in [1.807, 2.05) is 26.1 Å². The standard InChI is InChI=1S/C20H33N3O3/c1-7-26-19-17(24-5)9-16(10-18(19)25-6)11-22-20(21-4)23-12-14(2)8-15(3)13-23/h9-10,14-15H,7-8,11-13H2,1-6H3,(H,21,22). The van der Waals surface area contributed by atoms with Crippen LogP contribution >= 0.6 is 0 Å². The molecule has 0 aromatic heterocycles. The monoisotopic (exact) mass is 363 g/mol. The zero-order valence-corrected chi connectivity index (χ0v) is 17.0. The molecule has 0 amide bonds. The van der Waals surface area contributed by atoms with Gasteiger partial charge in [-0.3, -0.25) is 4.99 Å². The summed E-state index contributed by atoms with van der Waals surface area (Å²) in [6.07, 6.45) is 1.28. The van der Waals surface area contributed by atoms with Crippen LogP contribution in [0.4, 0.5) is 0 Å². The van der Waals surface area contributed by atoms with Crippen molar-refractivity contribution in [3.05, 3.63) is 17.7 Å². The van der Waals surface area contributed by atoms with Gasteiger partial charge in [-0.1, -0.05) is 13.8 Å².